The Balaban J connectivity index is 1.60. The Kier molecular flexibility index (Phi) is 4.83. The molecule has 30 heavy (non-hydrogen) atoms. The van der Waals surface area contributed by atoms with Gasteiger partial charge in [0.05, 0.1) is 16.3 Å². The zero-order valence-corrected chi connectivity index (χ0v) is 16.9. The van der Waals surface area contributed by atoms with E-state index >= 15 is 0 Å². The van der Waals surface area contributed by atoms with Crippen molar-refractivity contribution < 1.29 is 4.79 Å². The van der Waals surface area contributed by atoms with Crippen LogP contribution in [0.3, 0.4) is 0 Å². The maximum atomic E-state index is 12.5. The summed E-state index contributed by atoms with van der Waals surface area (Å²) in [5, 5.41) is 9.12. The average Bonchev–Trinajstić information content (AvgIpc) is 3.48. The van der Waals surface area contributed by atoms with Gasteiger partial charge in [-0.3, -0.25) is 4.79 Å². The molecule has 5 rings (SSSR count). The van der Waals surface area contributed by atoms with Crippen molar-refractivity contribution in [3.05, 3.63) is 113 Å². The molecule has 0 atom stereocenters. The Morgan fingerprint density at radius 1 is 0.867 bits per heavy atom. The van der Waals surface area contributed by atoms with E-state index in [1.54, 1.807) is 6.08 Å². The summed E-state index contributed by atoms with van der Waals surface area (Å²) in [5.74, 6) is 0.00178. The summed E-state index contributed by atoms with van der Waals surface area (Å²) in [5.41, 5.74) is 3.74. The minimum atomic E-state index is 0.00178. The summed E-state index contributed by atoms with van der Waals surface area (Å²) >= 11 is 1.45. The summed E-state index contributed by atoms with van der Waals surface area (Å²) in [6.07, 6.45) is 5.46. The second-order valence-electron chi connectivity index (χ2n) is 6.95. The number of carbonyl (C=O) groups excluding carboxylic acids is 1. The van der Waals surface area contributed by atoms with Crippen LogP contribution in [0.25, 0.3) is 33.8 Å². The lowest BCUT2D eigenvalue weighted by Crippen LogP contribution is -1.94. The fourth-order valence-electron chi connectivity index (χ4n) is 3.45. The molecule has 0 amide bonds. The van der Waals surface area contributed by atoms with Crippen LogP contribution in [0.4, 0.5) is 0 Å². The van der Waals surface area contributed by atoms with Gasteiger partial charge in [0.25, 0.3) is 0 Å². The number of para-hydroxylation sites is 1. The number of carbonyl (C=O) groups is 1. The van der Waals surface area contributed by atoms with Crippen LogP contribution >= 0.6 is 11.3 Å². The van der Waals surface area contributed by atoms with E-state index in [4.69, 9.17) is 5.10 Å². The van der Waals surface area contributed by atoms with E-state index in [9.17, 15) is 4.79 Å². The number of fused-ring (bicyclic) bond motifs is 1. The molecule has 4 heteroatoms. The van der Waals surface area contributed by atoms with Crippen LogP contribution in [0.5, 0.6) is 0 Å². The van der Waals surface area contributed by atoms with Crippen LogP contribution in [-0.4, -0.2) is 15.6 Å². The largest absolute Gasteiger partial charge is 0.288 e. The Labute approximate surface area is 178 Å². The van der Waals surface area contributed by atoms with Crippen molar-refractivity contribution in [2.45, 2.75) is 0 Å². The molecule has 0 saturated heterocycles. The van der Waals surface area contributed by atoms with Crippen LogP contribution in [0.15, 0.2) is 103 Å². The van der Waals surface area contributed by atoms with E-state index in [0.717, 1.165) is 32.8 Å². The number of ketones is 1. The van der Waals surface area contributed by atoms with Crippen LogP contribution in [0, 0.1) is 0 Å². The molecule has 5 aromatic rings. The zero-order valence-electron chi connectivity index (χ0n) is 16.1. The molecule has 0 N–H and O–H groups in total. The highest BCUT2D eigenvalue weighted by Crippen LogP contribution is 2.28. The highest BCUT2D eigenvalue weighted by atomic mass is 32.1. The highest BCUT2D eigenvalue weighted by Gasteiger charge is 2.12. The summed E-state index contributed by atoms with van der Waals surface area (Å²) < 4.78 is 1.86. The number of nitrogens with zero attached hydrogens (tertiary/aromatic N) is 2. The predicted octanol–water partition coefficient (Wildman–Crippen LogP) is 6.65. The van der Waals surface area contributed by atoms with Gasteiger partial charge in [-0.05, 0) is 52.6 Å². The highest BCUT2D eigenvalue weighted by molar-refractivity contribution is 7.12. The molecule has 0 radical (unpaired) electrons. The van der Waals surface area contributed by atoms with Crippen LogP contribution in [0.2, 0.25) is 0 Å². The third-order valence-electron chi connectivity index (χ3n) is 4.96. The molecule has 0 aliphatic rings. The van der Waals surface area contributed by atoms with Gasteiger partial charge in [-0.1, -0.05) is 60.7 Å². The molecule has 2 aromatic heterocycles. The predicted molar refractivity (Wildman–Crippen MR) is 124 cm³/mol. The normalized spacial score (nSPS) is 11.3. The van der Waals surface area contributed by atoms with Crippen molar-refractivity contribution in [1.82, 2.24) is 9.78 Å². The van der Waals surface area contributed by atoms with Crippen molar-refractivity contribution in [2.24, 2.45) is 0 Å². The van der Waals surface area contributed by atoms with Gasteiger partial charge in [-0.2, -0.15) is 5.10 Å². The van der Waals surface area contributed by atoms with Crippen LogP contribution in [-0.2, 0) is 0 Å². The summed E-state index contributed by atoms with van der Waals surface area (Å²) in [6.45, 7) is 0. The first-order chi connectivity index (χ1) is 14.8. The Morgan fingerprint density at radius 2 is 1.67 bits per heavy atom. The second kappa shape index (κ2) is 7.93. The first-order valence-corrected chi connectivity index (χ1v) is 10.6. The Hall–Kier alpha value is -3.76. The number of thiophene rings is 1. The van der Waals surface area contributed by atoms with E-state index in [2.05, 4.69) is 30.3 Å². The Bertz CT molecular complexity index is 1350. The Morgan fingerprint density at radius 3 is 2.47 bits per heavy atom. The van der Waals surface area contributed by atoms with Crippen LogP contribution in [0.1, 0.15) is 15.2 Å². The second-order valence-corrected chi connectivity index (χ2v) is 7.90. The fraction of sp³-hybridized carbons (Fsp3) is 0. The number of aromatic nitrogens is 2. The molecule has 0 aliphatic heterocycles. The average molecular weight is 407 g/mol. The third-order valence-corrected chi connectivity index (χ3v) is 5.85. The van der Waals surface area contributed by atoms with Gasteiger partial charge >= 0.3 is 0 Å². The van der Waals surface area contributed by atoms with Gasteiger partial charge < -0.3 is 0 Å². The van der Waals surface area contributed by atoms with Gasteiger partial charge in [0.1, 0.15) is 0 Å². The van der Waals surface area contributed by atoms with Gasteiger partial charge in [-0.25, -0.2) is 4.68 Å². The molecule has 0 fully saturated rings. The summed E-state index contributed by atoms with van der Waals surface area (Å²) in [6, 6.07) is 28.3. The molecule has 3 nitrogen and oxygen atoms in total. The van der Waals surface area contributed by atoms with Crippen LogP contribution < -0.4 is 0 Å². The quantitative estimate of drug-likeness (QED) is 0.242. The molecule has 0 bridgehead atoms. The van der Waals surface area contributed by atoms with Crippen molar-refractivity contribution in [3.8, 4) is 16.9 Å². The van der Waals surface area contributed by atoms with Crippen molar-refractivity contribution in [1.29, 1.82) is 0 Å². The number of allylic oxidation sites excluding steroid dienone is 1. The molecule has 2 heterocycles. The summed E-state index contributed by atoms with van der Waals surface area (Å²) in [4.78, 5) is 13.2. The minimum Gasteiger partial charge on any atom is -0.288 e. The van der Waals surface area contributed by atoms with Crippen molar-refractivity contribution in [3.63, 3.8) is 0 Å². The molecule has 0 unspecified atom stereocenters. The minimum absolute atomic E-state index is 0.00178. The lowest BCUT2D eigenvalue weighted by Gasteiger charge is -2.03. The van der Waals surface area contributed by atoms with E-state index in [1.165, 1.54) is 16.7 Å². The molecule has 0 spiro atoms. The standard InChI is InChI=1S/C26H18N2OS/c29-24(25-11-6-16-30-25)15-14-22-18-28(23-9-2-1-3-10-23)27-26(22)21-13-12-19-7-4-5-8-20(19)17-21/h1-18H/b15-14+. The lowest BCUT2D eigenvalue weighted by atomic mass is 10.0. The molecule has 0 aliphatic carbocycles. The number of hydrogen-bond donors (Lipinski definition) is 0. The van der Waals surface area contributed by atoms with Gasteiger partial charge in [-0.15, -0.1) is 11.3 Å². The fourth-order valence-corrected chi connectivity index (χ4v) is 4.09. The monoisotopic (exact) mass is 406 g/mol. The first kappa shape index (κ1) is 18.3. The van der Waals surface area contributed by atoms with E-state index in [-0.39, 0.29) is 5.78 Å². The molecule has 3 aromatic carbocycles. The topological polar surface area (TPSA) is 34.9 Å². The van der Waals surface area contributed by atoms with E-state index in [0.29, 0.717) is 0 Å². The van der Waals surface area contributed by atoms with E-state index in [1.807, 2.05) is 76.9 Å². The van der Waals surface area contributed by atoms with E-state index < -0.39 is 0 Å². The zero-order chi connectivity index (χ0) is 20.3. The van der Waals surface area contributed by atoms with Gasteiger partial charge in [0, 0.05) is 17.3 Å². The molecule has 0 saturated carbocycles. The van der Waals surface area contributed by atoms with Gasteiger partial charge in [0.15, 0.2) is 5.78 Å². The van der Waals surface area contributed by atoms with Crippen molar-refractivity contribution in [2.75, 3.05) is 0 Å². The molecular weight excluding hydrogens is 388 g/mol. The maximum absolute atomic E-state index is 12.5. The third kappa shape index (κ3) is 3.61. The molecular formula is C26H18N2OS. The number of rotatable bonds is 5. The lowest BCUT2D eigenvalue weighted by molar-refractivity contribution is 0.105. The van der Waals surface area contributed by atoms with Crippen molar-refractivity contribution >= 4 is 34.0 Å². The summed E-state index contributed by atoms with van der Waals surface area (Å²) in [7, 11) is 0. The number of hydrogen-bond acceptors (Lipinski definition) is 3. The molecule has 144 valence electrons. The maximum Gasteiger partial charge on any atom is 0.195 e. The smallest absolute Gasteiger partial charge is 0.195 e. The SMILES string of the molecule is O=C(/C=C/c1cn(-c2ccccc2)nc1-c1ccc2ccccc2c1)c1cccs1. The first-order valence-electron chi connectivity index (χ1n) is 9.68. The van der Waals surface area contributed by atoms with Gasteiger partial charge in [0.2, 0.25) is 0 Å². The number of benzene rings is 3.